The van der Waals surface area contributed by atoms with Gasteiger partial charge in [-0.2, -0.15) is 0 Å². The molecule has 0 aliphatic carbocycles. The number of benzene rings is 2. The summed E-state index contributed by atoms with van der Waals surface area (Å²) in [6.07, 6.45) is 0.721. The number of hydrogen-bond donors (Lipinski definition) is 2. The number of halogens is 3. The van der Waals surface area contributed by atoms with Crippen LogP contribution in [0.3, 0.4) is 0 Å². The SMILES string of the molecule is O=C(CNc1c(Cl)cccc1Cl)NCCc1cccc(Cl)c1. The van der Waals surface area contributed by atoms with Crippen LogP contribution in [0.5, 0.6) is 0 Å². The molecule has 116 valence electrons. The van der Waals surface area contributed by atoms with Gasteiger partial charge in [-0.05, 0) is 36.2 Å². The Labute approximate surface area is 144 Å². The van der Waals surface area contributed by atoms with Crippen molar-refractivity contribution in [3.8, 4) is 0 Å². The molecule has 2 N–H and O–H groups in total. The summed E-state index contributed by atoms with van der Waals surface area (Å²) in [5.41, 5.74) is 1.64. The van der Waals surface area contributed by atoms with Crippen molar-refractivity contribution < 1.29 is 4.79 Å². The Kier molecular flexibility index (Phi) is 6.37. The minimum atomic E-state index is -0.127. The average Bonchev–Trinajstić information content (AvgIpc) is 2.47. The van der Waals surface area contributed by atoms with Crippen molar-refractivity contribution in [3.05, 3.63) is 63.1 Å². The van der Waals surface area contributed by atoms with E-state index in [0.717, 1.165) is 12.0 Å². The van der Waals surface area contributed by atoms with Crippen LogP contribution in [-0.4, -0.2) is 19.0 Å². The Morgan fingerprint density at radius 3 is 2.36 bits per heavy atom. The van der Waals surface area contributed by atoms with Crippen LogP contribution in [0.2, 0.25) is 15.1 Å². The van der Waals surface area contributed by atoms with Crippen LogP contribution in [-0.2, 0) is 11.2 Å². The molecule has 1 amide bonds. The summed E-state index contributed by atoms with van der Waals surface area (Å²) in [5.74, 6) is -0.127. The van der Waals surface area contributed by atoms with E-state index in [1.54, 1.807) is 18.2 Å². The summed E-state index contributed by atoms with van der Waals surface area (Å²) in [7, 11) is 0. The van der Waals surface area contributed by atoms with Crippen LogP contribution in [0.15, 0.2) is 42.5 Å². The van der Waals surface area contributed by atoms with Crippen molar-refractivity contribution in [1.82, 2.24) is 5.32 Å². The van der Waals surface area contributed by atoms with E-state index in [4.69, 9.17) is 34.8 Å². The Balaban J connectivity index is 1.77. The van der Waals surface area contributed by atoms with Gasteiger partial charge in [0.2, 0.25) is 5.91 Å². The largest absolute Gasteiger partial charge is 0.374 e. The smallest absolute Gasteiger partial charge is 0.239 e. The molecule has 0 radical (unpaired) electrons. The summed E-state index contributed by atoms with van der Waals surface area (Å²) >= 11 is 18.0. The molecule has 0 bridgehead atoms. The summed E-state index contributed by atoms with van der Waals surface area (Å²) < 4.78 is 0. The fourth-order valence-corrected chi connectivity index (χ4v) is 2.68. The maximum atomic E-state index is 11.8. The molecular formula is C16H15Cl3N2O. The molecule has 0 heterocycles. The van der Waals surface area contributed by atoms with Crippen LogP contribution in [0, 0.1) is 0 Å². The number of amides is 1. The number of rotatable bonds is 6. The average molecular weight is 358 g/mol. The Morgan fingerprint density at radius 1 is 1.00 bits per heavy atom. The van der Waals surface area contributed by atoms with Gasteiger partial charge < -0.3 is 10.6 Å². The molecule has 6 heteroatoms. The fraction of sp³-hybridized carbons (Fsp3) is 0.188. The minimum Gasteiger partial charge on any atom is -0.374 e. The number of para-hydroxylation sites is 1. The van der Waals surface area contributed by atoms with Crippen LogP contribution >= 0.6 is 34.8 Å². The quantitative estimate of drug-likeness (QED) is 0.803. The zero-order chi connectivity index (χ0) is 15.9. The summed E-state index contributed by atoms with van der Waals surface area (Å²) in [5, 5.41) is 7.43. The first-order chi connectivity index (χ1) is 10.6. The summed E-state index contributed by atoms with van der Waals surface area (Å²) in [4.78, 5) is 11.8. The van der Waals surface area contributed by atoms with Gasteiger partial charge in [0.1, 0.15) is 0 Å². The predicted octanol–water partition coefficient (Wildman–Crippen LogP) is 4.42. The maximum absolute atomic E-state index is 11.8. The van der Waals surface area contributed by atoms with Gasteiger partial charge in [0.25, 0.3) is 0 Å². The lowest BCUT2D eigenvalue weighted by Gasteiger charge is -2.10. The number of nitrogens with one attached hydrogen (secondary N) is 2. The Hall–Kier alpha value is -1.42. The first-order valence-electron chi connectivity index (χ1n) is 6.75. The van der Waals surface area contributed by atoms with Crippen molar-refractivity contribution >= 4 is 46.4 Å². The molecule has 0 aliphatic heterocycles. The van der Waals surface area contributed by atoms with Gasteiger partial charge in [-0.15, -0.1) is 0 Å². The second-order valence-corrected chi connectivity index (χ2v) is 5.93. The summed E-state index contributed by atoms with van der Waals surface area (Å²) in [6.45, 7) is 0.649. The normalized spacial score (nSPS) is 10.3. The second-order valence-electron chi connectivity index (χ2n) is 4.68. The summed E-state index contributed by atoms with van der Waals surface area (Å²) in [6, 6.07) is 12.7. The van der Waals surface area contributed by atoms with Crippen LogP contribution in [0.1, 0.15) is 5.56 Å². The molecule has 0 aromatic heterocycles. The lowest BCUT2D eigenvalue weighted by atomic mass is 10.1. The zero-order valence-corrected chi connectivity index (χ0v) is 14.0. The highest BCUT2D eigenvalue weighted by molar-refractivity contribution is 6.39. The number of carbonyl (C=O) groups excluding carboxylic acids is 1. The molecular weight excluding hydrogens is 343 g/mol. The number of hydrogen-bond acceptors (Lipinski definition) is 2. The maximum Gasteiger partial charge on any atom is 0.239 e. The molecule has 0 unspecified atom stereocenters. The molecule has 2 aromatic rings. The third-order valence-electron chi connectivity index (χ3n) is 3.01. The Morgan fingerprint density at radius 2 is 1.68 bits per heavy atom. The van der Waals surface area contributed by atoms with E-state index in [-0.39, 0.29) is 12.5 Å². The van der Waals surface area contributed by atoms with Gasteiger partial charge in [-0.25, -0.2) is 0 Å². The first kappa shape index (κ1) is 16.9. The van der Waals surface area contributed by atoms with E-state index in [9.17, 15) is 4.79 Å². The van der Waals surface area contributed by atoms with Crippen molar-refractivity contribution in [2.24, 2.45) is 0 Å². The number of carbonyl (C=O) groups is 1. The third kappa shape index (κ3) is 5.09. The Bertz CT molecular complexity index is 641. The molecule has 0 aliphatic rings. The van der Waals surface area contributed by atoms with Gasteiger partial charge in [-0.1, -0.05) is 53.0 Å². The zero-order valence-electron chi connectivity index (χ0n) is 11.7. The molecule has 0 saturated heterocycles. The molecule has 0 fully saturated rings. The highest BCUT2D eigenvalue weighted by Crippen LogP contribution is 2.29. The molecule has 0 spiro atoms. The van der Waals surface area contributed by atoms with Crippen molar-refractivity contribution in [3.63, 3.8) is 0 Å². The predicted molar refractivity (Wildman–Crippen MR) is 93.1 cm³/mol. The second kappa shape index (κ2) is 8.28. The first-order valence-corrected chi connectivity index (χ1v) is 7.88. The van der Waals surface area contributed by atoms with Gasteiger partial charge >= 0.3 is 0 Å². The van der Waals surface area contributed by atoms with Crippen molar-refractivity contribution in [1.29, 1.82) is 0 Å². The monoisotopic (exact) mass is 356 g/mol. The van der Waals surface area contributed by atoms with Crippen molar-refractivity contribution in [2.45, 2.75) is 6.42 Å². The van der Waals surface area contributed by atoms with Crippen LogP contribution < -0.4 is 10.6 Å². The fourth-order valence-electron chi connectivity index (χ4n) is 1.94. The van der Waals surface area contributed by atoms with E-state index in [1.807, 2.05) is 24.3 Å². The lowest BCUT2D eigenvalue weighted by Crippen LogP contribution is -2.31. The molecule has 2 rings (SSSR count). The van der Waals surface area contributed by atoms with E-state index in [1.165, 1.54) is 0 Å². The lowest BCUT2D eigenvalue weighted by molar-refractivity contribution is -0.119. The third-order valence-corrected chi connectivity index (χ3v) is 3.88. The van der Waals surface area contributed by atoms with Crippen LogP contribution in [0.25, 0.3) is 0 Å². The van der Waals surface area contributed by atoms with Crippen molar-refractivity contribution in [2.75, 3.05) is 18.4 Å². The molecule has 2 aromatic carbocycles. The van der Waals surface area contributed by atoms with E-state index in [0.29, 0.717) is 27.3 Å². The topological polar surface area (TPSA) is 41.1 Å². The molecule has 22 heavy (non-hydrogen) atoms. The molecule has 0 atom stereocenters. The minimum absolute atomic E-state index is 0.110. The number of anilines is 1. The van der Waals surface area contributed by atoms with Gasteiger partial charge in [0, 0.05) is 11.6 Å². The molecule has 3 nitrogen and oxygen atoms in total. The van der Waals surface area contributed by atoms with Gasteiger partial charge in [0.15, 0.2) is 0 Å². The van der Waals surface area contributed by atoms with E-state index in [2.05, 4.69) is 10.6 Å². The van der Waals surface area contributed by atoms with Crippen LogP contribution in [0.4, 0.5) is 5.69 Å². The standard InChI is InChI=1S/C16H15Cl3N2O/c17-12-4-1-3-11(9-12)7-8-20-15(22)10-21-16-13(18)5-2-6-14(16)19/h1-6,9,21H,7-8,10H2,(H,20,22). The van der Waals surface area contributed by atoms with Gasteiger partial charge in [-0.3, -0.25) is 4.79 Å². The van der Waals surface area contributed by atoms with E-state index >= 15 is 0 Å². The van der Waals surface area contributed by atoms with Gasteiger partial charge in [0.05, 0.1) is 22.3 Å². The highest BCUT2D eigenvalue weighted by Gasteiger charge is 2.07. The molecule has 0 saturated carbocycles. The highest BCUT2D eigenvalue weighted by atomic mass is 35.5. The van der Waals surface area contributed by atoms with E-state index < -0.39 is 0 Å².